The first-order valence-corrected chi connectivity index (χ1v) is 4.96. The van der Waals surface area contributed by atoms with Gasteiger partial charge in [0.1, 0.15) is 0 Å². The van der Waals surface area contributed by atoms with Gasteiger partial charge in [0.15, 0.2) is 5.79 Å². The molecule has 11 heavy (non-hydrogen) atoms. The molecule has 1 spiro atoms. The molecule has 0 aromatic rings. The minimum Gasteiger partial charge on any atom is -0.347 e. The van der Waals surface area contributed by atoms with Gasteiger partial charge in [-0.25, -0.2) is 3.11 Å². The summed E-state index contributed by atoms with van der Waals surface area (Å²) in [5.74, 6) is -0.193. The lowest BCUT2D eigenvalue weighted by molar-refractivity contribution is -0.177. The summed E-state index contributed by atoms with van der Waals surface area (Å²) in [6.45, 7) is 3.73. The van der Waals surface area contributed by atoms with Crippen LogP contribution in [0.3, 0.4) is 0 Å². The molecule has 2 saturated heterocycles. The molecule has 0 saturated carbocycles. The number of nitrogens with zero attached hydrogens (tertiary/aromatic N) is 1. The number of hydrogen-bond acceptors (Lipinski definition) is 3. The Morgan fingerprint density at radius 1 is 1.09 bits per heavy atom. The number of halogens is 1. The molecule has 64 valence electrons. The highest BCUT2D eigenvalue weighted by Crippen LogP contribution is 2.31. The van der Waals surface area contributed by atoms with Crippen LogP contribution in [-0.4, -0.2) is 35.2 Å². The minimum absolute atomic E-state index is 0.193. The van der Waals surface area contributed by atoms with Gasteiger partial charge in [0.05, 0.1) is 13.2 Å². The molecule has 0 amide bonds. The summed E-state index contributed by atoms with van der Waals surface area (Å²) in [7, 11) is 0. The van der Waals surface area contributed by atoms with Gasteiger partial charge in [-0.05, 0) is 0 Å². The molecule has 0 unspecified atom stereocenters. The monoisotopic (exact) mass is 269 g/mol. The molecule has 0 N–H and O–H groups in total. The molecule has 2 aliphatic rings. The third kappa shape index (κ3) is 1.68. The van der Waals surface area contributed by atoms with Gasteiger partial charge in [0.2, 0.25) is 0 Å². The van der Waals surface area contributed by atoms with Crippen molar-refractivity contribution in [3.63, 3.8) is 0 Å². The largest absolute Gasteiger partial charge is 0.347 e. The Kier molecular flexibility index (Phi) is 2.36. The summed E-state index contributed by atoms with van der Waals surface area (Å²) in [5, 5.41) is 0. The molecule has 2 aliphatic heterocycles. The van der Waals surface area contributed by atoms with Crippen molar-refractivity contribution in [1.29, 1.82) is 0 Å². The van der Waals surface area contributed by atoms with Gasteiger partial charge >= 0.3 is 0 Å². The minimum atomic E-state index is -0.193. The highest BCUT2D eigenvalue weighted by atomic mass is 127. The predicted octanol–water partition coefficient (Wildman–Crippen LogP) is 1.18. The molecular weight excluding hydrogens is 257 g/mol. The van der Waals surface area contributed by atoms with Gasteiger partial charge in [-0.15, -0.1) is 0 Å². The maximum Gasteiger partial charge on any atom is 0.171 e. The second-order valence-corrected chi connectivity index (χ2v) is 4.38. The fourth-order valence-corrected chi connectivity index (χ4v) is 2.09. The average molecular weight is 269 g/mol. The van der Waals surface area contributed by atoms with Crippen LogP contribution in [0.25, 0.3) is 0 Å². The summed E-state index contributed by atoms with van der Waals surface area (Å²) in [6.07, 6.45) is 2.05. The van der Waals surface area contributed by atoms with E-state index in [2.05, 4.69) is 26.0 Å². The molecule has 0 aliphatic carbocycles. The zero-order chi connectivity index (χ0) is 7.73. The van der Waals surface area contributed by atoms with E-state index in [-0.39, 0.29) is 5.79 Å². The van der Waals surface area contributed by atoms with Gasteiger partial charge in [0, 0.05) is 48.8 Å². The predicted molar refractivity (Wildman–Crippen MR) is 49.5 cm³/mol. The normalized spacial score (nSPS) is 31.4. The summed E-state index contributed by atoms with van der Waals surface area (Å²) in [4.78, 5) is 0. The standard InChI is InChI=1S/C7H12INO2/c8-9-3-1-7(2-4-9)10-5-6-11-7/h1-6H2. The smallest absolute Gasteiger partial charge is 0.171 e. The number of hydrogen-bond donors (Lipinski definition) is 0. The Balaban J connectivity index is 1.94. The van der Waals surface area contributed by atoms with Crippen LogP contribution in [0.5, 0.6) is 0 Å². The lowest BCUT2D eigenvalue weighted by atomic mass is 10.1. The second-order valence-electron chi connectivity index (χ2n) is 3.02. The van der Waals surface area contributed by atoms with E-state index in [0.717, 1.165) is 39.1 Å². The Labute approximate surface area is 80.5 Å². The Morgan fingerprint density at radius 3 is 2.18 bits per heavy atom. The van der Waals surface area contributed by atoms with Gasteiger partial charge in [-0.1, -0.05) is 0 Å². The van der Waals surface area contributed by atoms with E-state index < -0.39 is 0 Å². The second kappa shape index (κ2) is 3.16. The van der Waals surface area contributed by atoms with Gasteiger partial charge < -0.3 is 9.47 Å². The number of rotatable bonds is 0. The number of ether oxygens (including phenoxy) is 2. The molecule has 0 atom stereocenters. The van der Waals surface area contributed by atoms with Crippen LogP contribution in [0.2, 0.25) is 0 Å². The zero-order valence-electron chi connectivity index (χ0n) is 6.38. The highest BCUT2D eigenvalue weighted by Gasteiger charge is 2.39. The Bertz CT molecular complexity index is 137. The third-order valence-electron chi connectivity index (χ3n) is 2.28. The van der Waals surface area contributed by atoms with Crippen LogP contribution in [0, 0.1) is 0 Å². The molecule has 4 heteroatoms. The molecule has 2 rings (SSSR count). The molecule has 0 bridgehead atoms. The van der Waals surface area contributed by atoms with Crippen molar-refractivity contribution in [3.8, 4) is 0 Å². The van der Waals surface area contributed by atoms with Crippen LogP contribution >= 0.6 is 22.9 Å². The van der Waals surface area contributed by atoms with Crippen molar-refractivity contribution in [2.24, 2.45) is 0 Å². The van der Waals surface area contributed by atoms with E-state index in [4.69, 9.17) is 9.47 Å². The summed E-state index contributed by atoms with van der Waals surface area (Å²) in [6, 6.07) is 0. The molecule has 0 radical (unpaired) electrons. The molecule has 0 aromatic heterocycles. The third-order valence-corrected chi connectivity index (χ3v) is 3.25. The molecule has 0 aromatic carbocycles. The number of piperidine rings is 1. The van der Waals surface area contributed by atoms with Crippen molar-refractivity contribution in [3.05, 3.63) is 0 Å². The Morgan fingerprint density at radius 2 is 1.64 bits per heavy atom. The first-order valence-electron chi connectivity index (χ1n) is 3.99. The topological polar surface area (TPSA) is 21.7 Å². The quantitative estimate of drug-likeness (QED) is 0.487. The zero-order valence-corrected chi connectivity index (χ0v) is 8.54. The average Bonchev–Trinajstić information content (AvgIpc) is 2.45. The van der Waals surface area contributed by atoms with Crippen LogP contribution < -0.4 is 0 Å². The maximum absolute atomic E-state index is 5.58. The van der Waals surface area contributed by atoms with Crippen molar-refractivity contribution < 1.29 is 9.47 Å². The van der Waals surface area contributed by atoms with Gasteiger partial charge in [-0.2, -0.15) is 0 Å². The van der Waals surface area contributed by atoms with E-state index in [1.54, 1.807) is 0 Å². The Hall–Kier alpha value is 0.610. The lowest BCUT2D eigenvalue weighted by Gasteiger charge is -2.34. The molecule has 2 fully saturated rings. The van der Waals surface area contributed by atoms with Crippen molar-refractivity contribution in [1.82, 2.24) is 3.11 Å². The molecular formula is C7H12INO2. The van der Waals surface area contributed by atoms with Gasteiger partial charge in [0.25, 0.3) is 0 Å². The van der Waals surface area contributed by atoms with E-state index in [9.17, 15) is 0 Å². The fraction of sp³-hybridized carbons (Fsp3) is 1.00. The van der Waals surface area contributed by atoms with Crippen LogP contribution in [0.4, 0.5) is 0 Å². The summed E-state index contributed by atoms with van der Waals surface area (Å²) >= 11 is 2.35. The van der Waals surface area contributed by atoms with Crippen molar-refractivity contribution in [2.75, 3.05) is 26.3 Å². The van der Waals surface area contributed by atoms with E-state index in [1.807, 2.05) is 0 Å². The van der Waals surface area contributed by atoms with Gasteiger partial charge in [-0.3, -0.25) is 0 Å². The maximum atomic E-state index is 5.58. The van der Waals surface area contributed by atoms with Crippen LogP contribution in [0.15, 0.2) is 0 Å². The summed E-state index contributed by atoms with van der Waals surface area (Å²) in [5.41, 5.74) is 0. The van der Waals surface area contributed by atoms with E-state index >= 15 is 0 Å². The van der Waals surface area contributed by atoms with Crippen LogP contribution in [0.1, 0.15) is 12.8 Å². The van der Waals surface area contributed by atoms with E-state index in [1.165, 1.54) is 0 Å². The van der Waals surface area contributed by atoms with Crippen LogP contribution in [-0.2, 0) is 9.47 Å². The summed E-state index contributed by atoms with van der Waals surface area (Å²) < 4.78 is 13.4. The lowest BCUT2D eigenvalue weighted by Crippen LogP contribution is -2.41. The van der Waals surface area contributed by atoms with E-state index in [0.29, 0.717) is 0 Å². The first-order chi connectivity index (χ1) is 5.31. The molecule has 2 heterocycles. The fourth-order valence-electron chi connectivity index (χ4n) is 1.61. The van der Waals surface area contributed by atoms with Crippen molar-refractivity contribution in [2.45, 2.75) is 18.6 Å². The van der Waals surface area contributed by atoms with Crippen molar-refractivity contribution >= 4 is 22.9 Å². The first kappa shape index (κ1) is 8.22. The molecule has 3 nitrogen and oxygen atoms in total. The highest BCUT2D eigenvalue weighted by molar-refractivity contribution is 14.1. The SMILES string of the molecule is IN1CCC2(CC1)OCCO2.